The molecule has 3 aromatic rings. The summed E-state index contributed by atoms with van der Waals surface area (Å²) in [5.74, 6) is 0.361. The van der Waals surface area contributed by atoms with E-state index in [1.54, 1.807) is 4.57 Å². The number of imidazole rings is 1. The first-order valence-electron chi connectivity index (χ1n) is 8.46. The number of fused-ring (bicyclic) bond motifs is 2. The van der Waals surface area contributed by atoms with E-state index in [0.717, 1.165) is 5.56 Å². The van der Waals surface area contributed by atoms with E-state index < -0.39 is 37.2 Å². The molecule has 0 aliphatic carbocycles. The van der Waals surface area contributed by atoms with Crippen LogP contribution in [0, 0.1) is 0 Å². The zero-order chi connectivity index (χ0) is 19.4. The minimum Gasteiger partial charge on any atom is -0.385 e. The van der Waals surface area contributed by atoms with Gasteiger partial charge in [-0.05, 0) is 0 Å². The highest BCUT2D eigenvalue weighted by Crippen LogP contribution is 2.44. The third-order valence-corrected chi connectivity index (χ3v) is 6.07. The van der Waals surface area contributed by atoms with Gasteiger partial charge in [-0.3, -0.25) is 14.3 Å². The summed E-state index contributed by atoms with van der Waals surface area (Å²) in [5, 5.41) is 10.9. The van der Waals surface area contributed by atoms with Gasteiger partial charge in [-0.2, -0.15) is 4.98 Å². The maximum absolute atomic E-state index is 12.4. The fraction of sp³-hybridized carbons (Fsp3) is 0.312. The molecule has 0 radical (unpaired) electrons. The molecule has 2 aliphatic rings. The molecule has 4 heterocycles. The number of nitrogen functional groups attached to an aromatic ring is 1. The highest BCUT2D eigenvalue weighted by atomic mass is 32.4. The summed E-state index contributed by atoms with van der Waals surface area (Å²) >= 11 is 5.08. The van der Waals surface area contributed by atoms with Gasteiger partial charge in [0.05, 0.1) is 0 Å². The van der Waals surface area contributed by atoms with Crippen LogP contribution in [-0.4, -0.2) is 49.5 Å². The van der Waals surface area contributed by atoms with E-state index in [0.29, 0.717) is 5.82 Å². The molecule has 28 heavy (non-hydrogen) atoms. The number of benzene rings is 1. The molecule has 2 aliphatic heterocycles. The maximum Gasteiger partial charge on any atom is 0.522 e. The smallest absolute Gasteiger partial charge is 0.385 e. The highest BCUT2D eigenvalue weighted by Gasteiger charge is 2.54. The van der Waals surface area contributed by atoms with Gasteiger partial charge in [0.15, 0.2) is 23.5 Å². The number of nitrogens with two attached hydrogens (primary N) is 1. The van der Waals surface area contributed by atoms with Crippen LogP contribution >= 0.6 is 7.15 Å². The molecule has 2 aromatic heterocycles. The van der Waals surface area contributed by atoms with Crippen LogP contribution in [0.3, 0.4) is 0 Å². The Morgan fingerprint density at radius 2 is 2.11 bits per heavy atom. The van der Waals surface area contributed by atoms with E-state index in [1.807, 2.05) is 30.3 Å². The number of aromatic amines is 1. The van der Waals surface area contributed by atoms with E-state index in [1.165, 1.54) is 0 Å². The molecule has 1 aromatic carbocycles. The Balaban J connectivity index is 1.72. The van der Waals surface area contributed by atoms with Crippen LogP contribution in [0.25, 0.3) is 22.6 Å². The number of H-pyrrole nitrogens is 1. The van der Waals surface area contributed by atoms with Gasteiger partial charge in [-0.1, -0.05) is 30.3 Å². The number of nitrogens with one attached hydrogen (secondary N) is 1. The molecule has 2 saturated heterocycles. The fourth-order valence-corrected chi connectivity index (χ4v) is 4.76. The summed E-state index contributed by atoms with van der Waals surface area (Å²) in [6.07, 6.45) is -3.09. The van der Waals surface area contributed by atoms with Gasteiger partial charge in [-0.25, -0.2) is 4.98 Å². The van der Waals surface area contributed by atoms with Gasteiger partial charge < -0.3 is 15.6 Å². The molecule has 2 fully saturated rings. The van der Waals surface area contributed by atoms with Crippen LogP contribution in [-0.2, 0) is 25.6 Å². The average Bonchev–Trinajstić information content (AvgIpc) is 3.21. The fourth-order valence-electron chi connectivity index (χ4n) is 3.49. The summed E-state index contributed by atoms with van der Waals surface area (Å²) in [6, 6.07) is 9.24. The van der Waals surface area contributed by atoms with Crippen LogP contribution in [0.1, 0.15) is 6.23 Å². The van der Waals surface area contributed by atoms with Crippen LogP contribution in [0.2, 0.25) is 0 Å². The molecule has 0 amide bonds. The predicted octanol–water partition coefficient (Wildman–Crippen LogP) is 0.816. The van der Waals surface area contributed by atoms with Gasteiger partial charge >= 0.3 is 7.15 Å². The van der Waals surface area contributed by atoms with Crippen molar-refractivity contribution in [1.82, 2.24) is 19.5 Å². The number of rotatable bonds is 2. The molecule has 10 nitrogen and oxygen atoms in total. The van der Waals surface area contributed by atoms with Crippen molar-refractivity contribution in [2.45, 2.75) is 24.5 Å². The Labute approximate surface area is 163 Å². The highest BCUT2D eigenvalue weighted by molar-refractivity contribution is 8.00. The van der Waals surface area contributed by atoms with E-state index in [4.69, 9.17) is 31.3 Å². The van der Waals surface area contributed by atoms with Crippen molar-refractivity contribution >= 4 is 36.1 Å². The molecular weight excluding hydrogens is 405 g/mol. The number of anilines is 1. The minimum absolute atomic E-state index is 0.0585. The molecule has 0 saturated carbocycles. The third kappa shape index (κ3) is 2.75. The normalized spacial score (nSPS) is 28.5. The molecule has 0 bridgehead atoms. The molecule has 12 heteroatoms. The largest absolute Gasteiger partial charge is 0.522 e. The quantitative estimate of drug-likeness (QED) is 0.514. The van der Waals surface area contributed by atoms with Crippen molar-refractivity contribution in [2.75, 3.05) is 12.3 Å². The first kappa shape index (κ1) is 17.8. The first-order chi connectivity index (χ1) is 13.5. The van der Waals surface area contributed by atoms with Gasteiger partial charge in [0.1, 0.15) is 24.6 Å². The van der Waals surface area contributed by atoms with Crippen molar-refractivity contribution in [3.63, 3.8) is 0 Å². The standard InChI is InChI=1S/C16H14N5O5PS/c17-16-19-13-9(14(23)20-16)18-12(7-4-2-1-3-5-7)21(13)15-10(22)11-8(25-15)6-24-27(28)26-11/h1-5,8,10-11,15,22H,6H2,(H2-,17,19,20,23)/p+1/t8?,10?,11-,15-/m1/s1. The molecular formula is C16H15N5O5PS+. The number of ether oxygens (including phenoxy) is 1. The summed E-state index contributed by atoms with van der Waals surface area (Å²) in [5.41, 5.74) is 6.31. The number of hydrogen-bond acceptors (Lipinski definition) is 9. The van der Waals surface area contributed by atoms with Crippen LogP contribution < -0.4 is 11.3 Å². The van der Waals surface area contributed by atoms with Crippen molar-refractivity contribution in [2.24, 2.45) is 0 Å². The lowest BCUT2D eigenvalue weighted by molar-refractivity contribution is -0.0515. The monoisotopic (exact) mass is 420 g/mol. The van der Waals surface area contributed by atoms with Gasteiger partial charge in [-0.15, -0.1) is 9.05 Å². The number of nitrogens with zero attached hydrogens (tertiary/aromatic N) is 3. The Morgan fingerprint density at radius 3 is 2.89 bits per heavy atom. The lowest BCUT2D eigenvalue weighted by atomic mass is 10.1. The number of hydrogen-bond donors (Lipinski definition) is 3. The van der Waals surface area contributed by atoms with Crippen molar-refractivity contribution in [3.05, 3.63) is 40.7 Å². The third-order valence-electron chi connectivity index (χ3n) is 4.72. The number of aliphatic hydroxyl groups is 1. The van der Waals surface area contributed by atoms with Gasteiger partial charge in [0, 0.05) is 5.56 Å². The molecule has 5 rings (SSSR count). The average molecular weight is 420 g/mol. The summed E-state index contributed by atoms with van der Waals surface area (Å²) < 4.78 is 18.5. The maximum atomic E-state index is 12.4. The molecule has 5 atom stereocenters. The van der Waals surface area contributed by atoms with Crippen molar-refractivity contribution in [1.29, 1.82) is 0 Å². The zero-order valence-corrected chi connectivity index (χ0v) is 16.0. The second-order valence-electron chi connectivity index (χ2n) is 6.44. The molecule has 4 N–H and O–H groups in total. The summed E-state index contributed by atoms with van der Waals surface area (Å²) in [7, 11) is -1.50. The molecule has 0 spiro atoms. The minimum atomic E-state index is -1.50. The Morgan fingerprint density at radius 1 is 1.32 bits per heavy atom. The topological polar surface area (TPSA) is 138 Å². The SMILES string of the molecule is Nc1nc2c(nc(-c3ccccc3)n2[C@@H]2OC3CO[P+](=S)O[C@H]3C2O)c(=O)[nH]1. The summed E-state index contributed by atoms with van der Waals surface area (Å²) in [4.78, 5) is 23.5. The van der Waals surface area contributed by atoms with Gasteiger partial charge in [0.25, 0.3) is 5.56 Å². The first-order valence-corrected chi connectivity index (χ1v) is 10.7. The van der Waals surface area contributed by atoms with Crippen LogP contribution in [0.15, 0.2) is 35.1 Å². The van der Waals surface area contributed by atoms with E-state index in [2.05, 4.69) is 15.0 Å². The predicted molar refractivity (Wildman–Crippen MR) is 103 cm³/mol. The summed E-state index contributed by atoms with van der Waals surface area (Å²) in [6.45, 7) is 0.219. The van der Waals surface area contributed by atoms with Crippen LogP contribution in [0.4, 0.5) is 5.95 Å². The molecule has 144 valence electrons. The van der Waals surface area contributed by atoms with Crippen LogP contribution in [0.5, 0.6) is 0 Å². The Hall–Kier alpha value is -2.27. The van der Waals surface area contributed by atoms with E-state index in [9.17, 15) is 9.90 Å². The number of aliphatic hydroxyl groups excluding tert-OH is 1. The zero-order valence-electron chi connectivity index (χ0n) is 14.3. The lowest BCUT2D eigenvalue weighted by Gasteiger charge is -2.19. The lowest BCUT2D eigenvalue weighted by Crippen LogP contribution is -2.37. The molecule has 3 unspecified atom stereocenters. The van der Waals surface area contributed by atoms with Crippen molar-refractivity contribution in [3.8, 4) is 11.4 Å². The second kappa shape index (κ2) is 6.66. The Bertz CT molecular complexity index is 1140. The second-order valence-corrected chi connectivity index (χ2v) is 8.25. The van der Waals surface area contributed by atoms with E-state index in [-0.39, 0.29) is 23.7 Å². The number of aromatic nitrogens is 4. The van der Waals surface area contributed by atoms with Gasteiger partial charge in [0.2, 0.25) is 17.8 Å². The van der Waals surface area contributed by atoms with Crippen molar-refractivity contribution < 1.29 is 18.9 Å². The van der Waals surface area contributed by atoms with E-state index >= 15 is 0 Å². The Kier molecular flexibility index (Phi) is 4.23.